The van der Waals surface area contributed by atoms with Crippen molar-refractivity contribution in [3.8, 4) is 0 Å². The summed E-state index contributed by atoms with van der Waals surface area (Å²) in [5.74, 6) is -0.166. The third kappa shape index (κ3) is 3.13. The third-order valence-corrected chi connectivity index (χ3v) is 3.38. The molecule has 1 aliphatic rings. The van der Waals surface area contributed by atoms with E-state index in [0.717, 1.165) is 5.56 Å². The zero-order valence-electron chi connectivity index (χ0n) is 11.6. The lowest BCUT2D eigenvalue weighted by Gasteiger charge is -2.24. The summed E-state index contributed by atoms with van der Waals surface area (Å²) < 4.78 is 7.38. The van der Waals surface area contributed by atoms with E-state index < -0.39 is 6.10 Å². The quantitative estimate of drug-likeness (QED) is 0.854. The van der Waals surface area contributed by atoms with Gasteiger partial charge < -0.3 is 14.7 Å². The molecule has 0 spiro atoms. The third-order valence-electron chi connectivity index (χ3n) is 3.38. The number of nitrogens with zero attached hydrogens (tertiary/aromatic N) is 3. The van der Waals surface area contributed by atoms with Gasteiger partial charge in [0.25, 0.3) is 0 Å². The SMILES string of the molecule is C[C@@H](O)CN(C)C(=O)[C@H]1CCO[C@@H]1c1cnn(C)c1. The number of aliphatic hydroxyl groups is 1. The summed E-state index contributed by atoms with van der Waals surface area (Å²) in [6.07, 6.45) is 3.59. The molecule has 2 rings (SSSR count). The molecule has 6 heteroatoms. The Morgan fingerprint density at radius 3 is 3.05 bits per heavy atom. The number of likely N-dealkylation sites (N-methyl/N-ethyl adjacent to an activating group) is 1. The van der Waals surface area contributed by atoms with Crippen LogP contribution in [-0.2, 0) is 16.6 Å². The largest absolute Gasteiger partial charge is 0.392 e. The summed E-state index contributed by atoms with van der Waals surface area (Å²) in [5.41, 5.74) is 0.934. The molecular formula is C13H21N3O3. The average Bonchev–Trinajstić information content (AvgIpc) is 2.94. The Hall–Kier alpha value is -1.40. The van der Waals surface area contributed by atoms with Gasteiger partial charge in [-0.25, -0.2) is 0 Å². The Morgan fingerprint density at radius 1 is 1.74 bits per heavy atom. The molecule has 1 fully saturated rings. The van der Waals surface area contributed by atoms with Crippen LogP contribution < -0.4 is 0 Å². The van der Waals surface area contributed by atoms with Crippen molar-refractivity contribution in [1.82, 2.24) is 14.7 Å². The molecule has 0 bridgehead atoms. The van der Waals surface area contributed by atoms with Gasteiger partial charge in [0.2, 0.25) is 5.91 Å². The van der Waals surface area contributed by atoms with E-state index in [0.29, 0.717) is 19.6 Å². The fourth-order valence-corrected chi connectivity index (χ4v) is 2.53. The Morgan fingerprint density at radius 2 is 2.47 bits per heavy atom. The number of aliphatic hydroxyl groups excluding tert-OH is 1. The van der Waals surface area contributed by atoms with Crippen molar-refractivity contribution in [2.75, 3.05) is 20.2 Å². The molecule has 0 radical (unpaired) electrons. The van der Waals surface area contributed by atoms with Gasteiger partial charge in [-0.05, 0) is 13.3 Å². The van der Waals surface area contributed by atoms with Gasteiger partial charge in [0.05, 0.1) is 24.3 Å². The van der Waals surface area contributed by atoms with Gasteiger partial charge in [0.15, 0.2) is 0 Å². The second-order valence-corrected chi connectivity index (χ2v) is 5.20. The molecule has 106 valence electrons. The molecule has 1 N–H and O–H groups in total. The normalized spacial score (nSPS) is 24.4. The molecule has 1 aromatic heterocycles. The maximum absolute atomic E-state index is 12.4. The van der Waals surface area contributed by atoms with Crippen LogP contribution in [0.5, 0.6) is 0 Å². The zero-order valence-corrected chi connectivity index (χ0v) is 11.6. The number of ether oxygens (including phenoxy) is 1. The predicted molar refractivity (Wildman–Crippen MR) is 69.3 cm³/mol. The summed E-state index contributed by atoms with van der Waals surface area (Å²) in [5, 5.41) is 13.5. The summed E-state index contributed by atoms with van der Waals surface area (Å²) in [4.78, 5) is 14.0. The fourth-order valence-electron chi connectivity index (χ4n) is 2.53. The van der Waals surface area contributed by atoms with Crippen molar-refractivity contribution in [3.63, 3.8) is 0 Å². The molecule has 0 saturated carbocycles. The van der Waals surface area contributed by atoms with Crippen LogP contribution in [0.1, 0.15) is 25.0 Å². The molecule has 1 amide bonds. The summed E-state index contributed by atoms with van der Waals surface area (Å²) in [6.45, 7) is 2.60. The molecule has 6 nitrogen and oxygen atoms in total. The van der Waals surface area contributed by atoms with E-state index in [2.05, 4.69) is 5.10 Å². The number of hydrogen-bond acceptors (Lipinski definition) is 4. The maximum atomic E-state index is 12.4. The highest BCUT2D eigenvalue weighted by molar-refractivity contribution is 5.79. The first-order valence-electron chi connectivity index (χ1n) is 6.52. The number of hydrogen-bond donors (Lipinski definition) is 1. The first-order valence-corrected chi connectivity index (χ1v) is 6.52. The van der Waals surface area contributed by atoms with Crippen LogP contribution in [0.15, 0.2) is 12.4 Å². The lowest BCUT2D eigenvalue weighted by atomic mass is 9.96. The Kier molecular flexibility index (Phi) is 4.21. The van der Waals surface area contributed by atoms with Crippen LogP contribution in [0.25, 0.3) is 0 Å². The summed E-state index contributed by atoms with van der Waals surface area (Å²) in [7, 11) is 3.56. The van der Waals surface area contributed by atoms with Crippen LogP contribution in [-0.4, -0.2) is 52.0 Å². The molecular weight excluding hydrogens is 246 g/mol. The van der Waals surface area contributed by atoms with Crippen molar-refractivity contribution >= 4 is 5.91 Å². The van der Waals surface area contributed by atoms with Crippen molar-refractivity contribution in [1.29, 1.82) is 0 Å². The average molecular weight is 267 g/mol. The van der Waals surface area contributed by atoms with Crippen molar-refractivity contribution in [3.05, 3.63) is 18.0 Å². The zero-order chi connectivity index (χ0) is 14.0. The summed E-state index contributed by atoms with van der Waals surface area (Å²) in [6, 6.07) is 0. The topological polar surface area (TPSA) is 67.6 Å². The predicted octanol–water partition coefficient (Wildman–Crippen LogP) is 0.337. The van der Waals surface area contributed by atoms with Crippen molar-refractivity contribution in [2.45, 2.75) is 25.6 Å². The Labute approximate surface area is 113 Å². The molecule has 0 aromatic carbocycles. The number of amides is 1. The standard InChI is InChI=1S/C13H21N3O3/c1-9(17)7-15(2)13(18)11-4-5-19-12(11)10-6-14-16(3)8-10/h6,8-9,11-12,17H,4-5,7H2,1-3H3/t9-,11+,12-/m1/s1. The Balaban J connectivity index is 2.08. The first-order chi connectivity index (χ1) is 8.99. The molecule has 3 atom stereocenters. The molecule has 0 aliphatic carbocycles. The number of rotatable bonds is 4. The van der Waals surface area contributed by atoms with Gasteiger partial charge in [-0.2, -0.15) is 5.10 Å². The van der Waals surface area contributed by atoms with Gasteiger partial charge in [-0.3, -0.25) is 9.48 Å². The van der Waals surface area contributed by atoms with Gasteiger partial charge >= 0.3 is 0 Å². The van der Waals surface area contributed by atoms with Gasteiger partial charge in [0.1, 0.15) is 0 Å². The van der Waals surface area contributed by atoms with E-state index in [4.69, 9.17) is 4.74 Å². The lowest BCUT2D eigenvalue weighted by molar-refractivity contribution is -0.137. The van der Waals surface area contributed by atoms with E-state index in [1.165, 1.54) is 0 Å². The highest BCUT2D eigenvalue weighted by Crippen LogP contribution is 2.35. The second kappa shape index (κ2) is 5.71. The van der Waals surface area contributed by atoms with Crippen molar-refractivity contribution < 1.29 is 14.6 Å². The maximum Gasteiger partial charge on any atom is 0.228 e. The summed E-state index contributed by atoms with van der Waals surface area (Å²) >= 11 is 0. The van der Waals surface area contributed by atoms with E-state index in [9.17, 15) is 9.90 Å². The molecule has 1 saturated heterocycles. The Bertz CT molecular complexity index is 444. The van der Waals surface area contributed by atoms with E-state index in [1.807, 2.05) is 13.2 Å². The molecule has 2 heterocycles. The van der Waals surface area contributed by atoms with Crippen LogP contribution in [0.4, 0.5) is 0 Å². The highest BCUT2D eigenvalue weighted by Gasteiger charge is 2.37. The van der Waals surface area contributed by atoms with Crippen LogP contribution in [0, 0.1) is 5.92 Å². The van der Waals surface area contributed by atoms with Crippen LogP contribution >= 0.6 is 0 Å². The van der Waals surface area contributed by atoms with E-state index in [-0.39, 0.29) is 17.9 Å². The van der Waals surface area contributed by atoms with Gasteiger partial charge in [-0.1, -0.05) is 0 Å². The molecule has 19 heavy (non-hydrogen) atoms. The fraction of sp³-hybridized carbons (Fsp3) is 0.692. The number of aryl methyl sites for hydroxylation is 1. The number of carbonyl (C=O) groups is 1. The van der Waals surface area contributed by atoms with Crippen LogP contribution in [0.2, 0.25) is 0 Å². The first kappa shape index (κ1) is 14.0. The lowest BCUT2D eigenvalue weighted by Crippen LogP contribution is -2.38. The smallest absolute Gasteiger partial charge is 0.228 e. The molecule has 1 aliphatic heterocycles. The van der Waals surface area contributed by atoms with Crippen LogP contribution in [0.3, 0.4) is 0 Å². The van der Waals surface area contributed by atoms with E-state index in [1.54, 1.807) is 29.7 Å². The number of carbonyl (C=O) groups excluding carboxylic acids is 1. The minimum Gasteiger partial charge on any atom is -0.392 e. The van der Waals surface area contributed by atoms with E-state index >= 15 is 0 Å². The van der Waals surface area contributed by atoms with Crippen molar-refractivity contribution in [2.24, 2.45) is 13.0 Å². The highest BCUT2D eigenvalue weighted by atomic mass is 16.5. The molecule has 0 unspecified atom stereocenters. The number of aromatic nitrogens is 2. The van der Waals surface area contributed by atoms with Gasteiger partial charge in [0, 0.05) is 39.0 Å². The minimum absolute atomic E-state index is 0.0206. The van der Waals surface area contributed by atoms with Gasteiger partial charge in [-0.15, -0.1) is 0 Å². The molecule has 1 aromatic rings. The monoisotopic (exact) mass is 267 g/mol. The second-order valence-electron chi connectivity index (χ2n) is 5.20. The minimum atomic E-state index is -0.520.